The van der Waals surface area contributed by atoms with Crippen molar-refractivity contribution in [2.75, 3.05) is 0 Å². The first-order valence-corrected chi connectivity index (χ1v) is 16.8. The molecule has 0 unspecified atom stereocenters. The maximum absolute atomic E-state index is 9.21. The van der Waals surface area contributed by atoms with Crippen LogP contribution < -0.4 is 0 Å². The molecule has 0 aliphatic heterocycles. The van der Waals surface area contributed by atoms with E-state index in [1.807, 2.05) is 12.1 Å². The van der Waals surface area contributed by atoms with Gasteiger partial charge < -0.3 is 0 Å². The molecule has 1 aromatic carbocycles. The summed E-state index contributed by atoms with van der Waals surface area (Å²) in [7, 11) is 0. The van der Waals surface area contributed by atoms with Crippen molar-refractivity contribution in [3.63, 3.8) is 0 Å². The molecule has 23 heavy (non-hydrogen) atoms. The number of hydrogen-bond donors (Lipinski definition) is 0. The molecule has 0 atom stereocenters. The molecule has 2 heteroatoms. The van der Waals surface area contributed by atoms with Crippen LogP contribution in [-0.4, -0.2) is 18.4 Å². The third-order valence-corrected chi connectivity index (χ3v) is 20.7. The van der Waals surface area contributed by atoms with Gasteiger partial charge in [-0.3, -0.25) is 0 Å². The Bertz CT molecular complexity index is 505. The first-order valence-electron chi connectivity index (χ1n) is 9.33. The first-order chi connectivity index (χ1) is 11.1. The quantitative estimate of drug-likeness (QED) is 0.357. The fraction of sp³-hybridized carbons (Fsp3) is 0.571. The van der Waals surface area contributed by atoms with Gasteiger partial charge in [-0.1, -0.05) is 0 Å². The standard InChI is InChI=1S/C9H6N.3C4H9.Sn/c1-2-8-4-3-5-9(6-8)7-10;3*1-3-4-2;/h3-6H,1H2;3*1,3-4H2,2H3;. The Hall–Kier alpha value is -0.751. The van der Waals surface area contributed by atoms with Gasteiger partial charge >= 0.3 is 148 Å². The van der Waals surface area contributed by atoms with Crippen molar-refractivity contribution in [1.82, 2.24) is 0 Å². The van der Waals surface area contributed by atoms with Gasteiger partial charge in [-0.05, 0) is 0 Å². The Balaban J connectivity index is 3.16. The number of unbranched alkanes of at least 4 members (excludes halogenated alkanes) is 3. The summed E-state index contributed by atoms with van der Waals surface area (Å²) in [6.45, 7) is 11.5. The van der Waals surface area contributed by atoms with E-state index in [2.05, 4.69) is 45.6 Å². The molecule has 0 bridgehead atoms. The topological polar surface area (TPSA) is 23.8 Å². The van der Waals surface area contributed by atoms with Crippen LogP contribution in [-0.2, 0) is 0 Å². The third-order valence-electron chi connectivity index (χ3n) is 5.01. The van der Waals surface area contributed by atoms with Crippen LogP contribution in [0.25, 0.3) is 3.59 Å². The molecule has 0 amide bonds. The zero-order valence-electron chi connectivity index (χ0n) is 15.3. The van der Waals surface area contributed by atoms with Crippen LogP contribution in [0.2, 0.25) is 13.3 Å². The molecule has 0 saturated heterocycles. The molecule has 0 aromatic heterocycles. The van der Waals surface area contributed by atoms with E-state index in [4.69, 9.17) is 0 Å². The number of rotatable bonds is 11. The van der Waals surface area contributed by atoms with Crippen molar-refractivity contribution >= 4 is 22.0 Å². The molecule has 0 N–H and O–H groups in total. The van der Waals surface area contributed by atoms with Gasteiger partial charge in [0.05, 0.1) is 0 Å². The van der Waals surface area contributed by atoms with Crippen molar-refractivity contribution in [2.45, 2.75) is 72.6 Å². The molecule has 1 aromatic rings. The van der Waals surface area contributed by atoms with E-state index < -0.39 is 18.4 Å². The summed E-state index contributed by atoms with van der Waals surface area (Å²) in [5.41, 5.74) is 2.02. The van der Waals surface area contributed by atoms with E-state index in [1.54, 1.807) is 0 Å². The van der Waals surface area contributed by atoms with Gasteiger partial charge in [-0.25, -0.2) is 0 Å². The Kier molecular flexibility index (Phi) is 9.63. The Labute approximate surface area is 147 Å². The number of hydrogen-bond acceptors (Lipinski definition) is 1. The van der Waals surface area contributed by atoms with Crippen molar-refractivity contribution < 1.29 is 0 Å². The van der Waals surface area contributed by atoms with Crippen LogP contribution >= 0.6 is 0 Å². The molecule has 0 spiro atoms. The molecular weight excluding hydrogens is 385 g/mol. The van der Waals surface area contributed by atoms with Gasteiger partial charge in [0, 0.05) is 0 Å². The van der Waals surface area contributed by atoms with Gasteiger partial charge in [0.15, 0.2) is 0 Å². The van der Waals surface area contributed by atoms with E-state index in [1.165, 1.54) is 61.0 Å². The number of nitrogens with zero attached hydrogens (tertiary/aromatic N) is 1. The van der Waals surface area contributed by atoms with Gasteiger partial charge in [0.25, 0.3) is 0 Å². The van der Waals surface area contributed by atoms with E-state index in [9.17, 15) is 5.26 Å². The van der Waals surface area contributed by atoms with Crippen LogP contribution in [0.1, 0.15) is 70.4 Å². The summed E-state index contributed by atoms with van der Waals surface area (Å²) in [6.07, 6.45) is 7.88. The minimum atomic E-state index is -2.44. The van der Waals surface area contributed by atoms with Gasteiger partial charge in [-0.15, -0.1) is 0 Å². The molecule has 0 fully saturated rings. The summed E-state index contributed by atoms with van der Waals surface area (Å²) < 4.78 is 5.76. The molecule has 0 radical (unpaired) electrons. The summed E-state index contributed by atoms with van der Waals surface area (Å²) in [5, 5.41) is 9.21. The number of nitriles is 1. The average molecular weight is 418 g/mol. The minimum absolute atomic E-state index is 0.769. The molecule has 0 heterocycles. The molecule has 0 aliphatic carbocycles. The van der Waals surface area contributed by atoms with E-state index in [-0.39, 0.29) is 0 Å². The van der Waals surface area contributed by atoms with Crippen LogP contribution in [0.5, 0.6) is 0 Å². The zero-order chi connectivity index (χ0) is 17.1. The molecule has 126 valence electrons. The molecular formula is C21H33NSn. The average Bonchev–Trinajstić information content (AvgIpc) is 2.61. The Morgan fingerprint density at radius 2 is 1.52 bits per heavy atom. The summed E-state index contributed by atoms with van der Waals surface area (Å²) >= 11 is -2.44. The summed E-state index contributed by atoms with van der Waals surface area (Å²) in [5.74, 6) is 0. The van der Waals surface area contributed by atoms with Crippen LogP contribution in [0.3, 0.4) is 0 Å². The zero-order valence-corrected chi connectivity index (χ0v) is 18.2. The van der Waals surface area contributed by atoms with Crippen molar-refractivity contribution in [2.24, 2.45) is 0 Å². The van der Waals surface area contributed by atoms with Crippen molar-refractivity contribution in [3.05, 3.63) is 42.0 Å². The van der Waals surface area contributed by atoms with Crippen molar-refractivity contribution in [1.29, 1.82) is 5.26 Å². The van der Waals surface area contributed by atoms with E-state index in [0.29, 0.717) is 0 Å². The normalized spacial score (nSPS) is 11.2. The van der Waals surface area contributed by atoms with Gasteiger partial charge in [0.2, 0.25) is 0 Å². The fourth-order valence-electron chi connectivity index (χ4n) is 3.46. The van der Waals surface area contributed by atoms with Crippen molar-refractivity contribution in [3.8, 4) is 6.07 Å². The van der Waals surface area contributed by atoms with Crippen LogP contribution in [0.15, 0.2) is 30.8 Å². The molecule has 0 aliphatic rings. The maximum atomic E-state index is 9.21. The van der Waals surface area contributed by atoms with Gasteiger partial charge in [-0.2, -0.15) is 0 Å². The molecule has 1 nitrogen and oxygen atoms in total. The SMILES string of the molecule is C=[C](c1cccc(C#N)c1)[Sn]([CH2]CCC)([CH2]CCC)[CH2]CCC. The monoisotopic (exact) mass is 419 g/mol. The molecule has 0 saturated carbocycles. The Morgan fingerprint density at radius 1 is 1.00 bits per heavy atom. The second-order valence-electron chi connectivity index (χ2n) is 6.76. The predicted molar refractivity (Wildman–Crippen MR) is 105 cm³/mol. The third kappa shape index (κ3) is 5.99. The van der Waals surface area contributed by atoms with Gasteiger partial charge in [0.1, 0.15) is 0 Å². The van der Waals surface area contributed by atoms with Crippen LogP contribution in [0.4, 0.5) is 0 Å². The summed E-state index contributed by atoms with van der Waals surface area (Å²) in [6, 6.07) is 10.5. The number of benzene rings is 1. The molecule has 1 rings (SSSR count). The second-order valence-corrected chi connectivity index (χ2v) is 20.1. The summed E-state index contributed by atoms with van der Waals surface area (Å²) in [4.78, 5) is 0. The Morgan fingerprint density at radius 3 is 1.96 bits per heavy atom. The van der Waals surface area contributed by atoms with E-state index >= 15 is 0 Å². The predicted octanol–water partition coefficient (Wildman–Crippen LogP) is 6.96. The first kappa shape index (κ1) is 20.3. The fourth-order valence-corrected chi connectivity index (χ4v) is 19.2. The van der Waals surface area contributed by atoms with E-state index in [0.717, 1.165) is 5.56 Å². The van der Waals surface area contributed by atoms with Crippen LogP contribution in [0, 0.1) is 11.3 Å². The second kappa shape index (κ2) is 10.9.